The fourth-order valence-corrected chi connectivity index (χ4v) is 3.58. The summed E-state index contributed by atoms with van der Waals surface area (Å²) in [6, 6.07) is 0. The van der Waals surface area contributed by atoms with Gasteiger partial charge in [-0.15, -0.1) is 0 Å². The van der Waals surface area contributed by atoms with Crippen LogP contribution in [0.4, 0.5) is 0 Å². The van der Waals surface area contributed by atoms with E-state index in [1.54, 1.807) is 0 Å². The molecule has 0 N–H and O–H groups in total. The van der Waals surface area contributed by atoms with Crippen molar-refractivity contribution in [1.82, 2.24) is 0 Å². The quantitative estimate of drug-likeness (QED) is 0.152. The molecule has 3 atom stereocenters. The molecule has 13 heteroatoms. The zero-order valence-electron chi connectivity index (χ0n) is 22.6. The molecule has 12 nitrogen and oxygen atoms in total. The number of hydrogen-bond acceptors (Lipinski definition) is 12. The monoisotopic (exact) mass is 546 g/mol. The predicted molar refractivity (Wildman–Crippen MR) is 130 cm³/mol. The highest BCUT2D eigenvalue weighted by Gasteiger charge is 2.49. The first kappa shape index (κ1) is 34.8. The van der Waals surface area contributed by atoms with E-state index in [1.165, 1.54) is 20.8 Å². The van der Waals surface area contributed by atoms with Gasteiger partial charge in [-0.3, -0.25) is 28.8 Å². The summed E-state index contributed by atoms with van der Waals surface area (Å²) in [5.74, 6) is -5.07. The minimum absolute atomic E-state index is 0.317. The molecule has 0 fully saturated rings. The van der Waals surface area contributed by atoms with Crippen LogP contribution in [-0.4, -0.2) is 88.5 Å². The topological polar surface area (TPSA) is 158 Å². The fraction of sp³-hybridized carbons (Fsp3) is 0.750. The second-order valence-electron chi connectivity index (χ2n) is 8.23. The third kappa shape index (κ3) is 16.3. The van der Waals surface area contributed by atoms with Crippen molar-refractivity contribution in [2.45, 2.75) is 98.4 Å². The van der Waals surface area contributed by atoms with Crippen LogP contribution in [0.2, 0.25) is 0 Å². The van der Waals surface area contributed by atoms with E-state index in [-0.39, 0.29) is 0 Å². The highest BCUT2D eigenvalue weighted by Crippen LogP contribution is 2.07. The van der Waals surface area contributed by atoms with Crippen molar-refractivity contribution in [1.29, 1.82) is 0 Å². The molecule has 0 heterocycles. The van der Waals surface area contributed by atoms with E-state index in [0.29, 0.717) is 39.1 Å². The lowest BCUT2D eigenvalue weighted by Crippen LogP contribution is -2.38. The molecule has 0 amide bonds. The normalized spacial score (nSPS) is 13.1. The first-order valence-electron chi connectivity index (χ1n) is 12.5. The van der Waals surface area contributed by atoms with Gasteiger partial charge in [-0.25, -0.2) is 0 Å². The van der Waals surface area contributed by atoms with E-state index in [9.17, 15) is 28.8 Å². The van der Waals surface area contributed by atoms with Gasteiger partial charge in [-0.2, -0.15) is 0 Å². The molecule has 0 radical (unpaired) electrons. The molecule has 0 bridgehead atoms. The molecule has 0 spiro atoms. The van der Waals surface area contributed by atoms with Crippen molar-refractivity contribution < 1.29 is 54.3 Å². The predicted octanol–water partition coefficient (Wildman–Crippen LogP) is 1.92. The Morgan fingerprint density at radius 3 is 0.973 bits per heavy atom. The molecule has 37 heavy (non-hydrogen) atoms. The fourth-order valence-electron chi connectivity index (χ4n) is 2.54. The standard InChI is InChI=1S/3C8H14O4.Al/c3*1-3-4-12-6(2)7(9)5-8(10)11;/h3*6H,3-5H2,1-2H3,(H,10,11);/q;;;+3/p-3. The van der Waals surface area contributed by atoms with Crippen molar-refractivity contribution in [2.75, 3.05) is 19.8 Å². The summed E-state index contributed by atoms with van der Waals surface area (Å²) in [6.07, 6.45) is -2.76. The Morgan fingerprint density at radius 1 is 0.514 bits per heavy atom. The third-order valence-electron chi connectivity index (χ3n) is 4.71. The van der Waals surface area contributed by atoms with Crippen LogP contribution in [0, 0.1) is 0 Å². The van der Waals surface area contributed by atoms with E-state index in [0.717, 1.165) is 0 Å². The molecular formula is C24H39AlO12. The SMILES string of the molecule is CCCOC(C)C(=O)CC(=O)[O][Al]([O]C(=O)CC(=O)C(C)OCCC)[O]C(=O)CC(=O)C(C)OCCC. The van der Waals surface area contributed by atoms with Crippen molar-refractivity contribution in [3.05, 3.63) is 0 Å². The van der Waals surface area contributed by atoms with Gasteiger partial charge < -0.3 is 25.6 Å². The molecule has 0 saturated heterocycles. The first-order chi connectivity index (χ1) is 17.4. The maximum Gasteiger partial charge on any atom is 1.20 e. The molecule has 0 saturated carbocycles. The van der Waals surface area contributed by atoms with Crippen LogP contribution in [0.25, 0.3) is 0 Å². The van der Waals surface area contributed by atoms with Crippen molar-refractivity contribution in [3.8, 4) is 0 Å². The largest absolute Gasteiger partial charge is 1.20 e. The van der Waals surface area contributed by atoms with Gasteiger partial charge in [0.2, 0.25) is 0 Å². The molecule has 0 aliphatic heterocycles. The zero-order valence-corrected chi connectivity index (χ0v) is 23.7. The number of ketones is 3. The van der Waals surface area contributed by atoms with Crippen molar-refractivity contribution in [3.63, 3.8) is 0 Å². The zero-order chi connectivity index (χ0) is 28.4. The molecule has 0 aliphatic rings. The maximum absolute atomic E-state index is 12.3. The lowest BCUT2D eigenvalue weighted by Gasteiger charge is -2.16. The van der Waals surface area contributed by atoms with Gasteiger partial charge in [0.25, 0.3) is 17.9 Å². The summed E-state index contributed by atoms with van der Waals surface area (Å²) in [6.45, 7) is 10.9. The maximum atomic E-state index is 12.3. The Kier molecular flexibility index (Phi) is 18.7. The average molecular weight is 547 g/mol. The first-order valence-corrected chi connectivity index (χ1v) is 13.9. The number of ether oxygens (including phenoxy) is 3. The lowest BCUT2D eigenvalue weighted by atomic mass is 10.2. The number of rotatable bonds is 21. The smallest absolute Gasteiger partial charge is 0.550 e. The van der Waals surface area contributed by atoms with Gasteiger partial charge >= 0.3 is 15.1 Å². The van der Waals surface area contributed by atoms with Crippen molar-refractivity contribution >= 4 is 50.4 Å². The van der Waals surface area contributed by atoms with Crippen LogP contribution in [0.5, 0.6) is 0 Å². The second kappa shape index (κ2) is 19.9. The molecule has 210 valence electrons. The highest BCUT2D eigenvalue weighted by atomic mass is 27.3. The third-order valence-corrected chi connectivity index (χ3v) is 6.08. The van der Waals surface area contributed by atoms with E-state index in [2.05, 4.69) is 0 Å². The molecule has 0 rings (SSSR count). The van der Waals surface area contributed by atoms with Gasteiger partial charge in [0.05, 0.1) is 0 Å². The summed E-state index contributed by atoms with van der Waals surface area (Å²) in [7, 11) is 0. The number of carbonyl (C=O) groups is 6. The van der Waals surface area contributed by atoms with Crippen LogP contribution in [0.1, 0.15) is 80.1 Å². The van der Waals surface area contributed by atoms with Crippen molar-refractivity contribution in [2.24, 2.45) is 0 Å². The Balaban J connectivity index is 5.21. The Bertz CT molecular complexity index is 669. The van der Waals surface area contributed by atoms with Crippen LogP contribution in [0.15, 0.2) is 0 Å². The summed E-state index contributed by atoms with van der Waals surface area (Å²) < 4.78 is 30.7. The number of hydrogen-bond donors (Lipinski definition) is 0. The second-order valence-corrected chi connectivity index (χ2v) is 9.51. The summed E-state index contributed by atoms with van der Waals surface area (Å²) in [5, 5.41) is 0. The Hall–Kier alpha value is -2.17. The molecule has 0 aromatic carbocycles. The minimum atomic E-state index is -3.87. The minimum Gasteiger partial charge on any atom is -0.550 e. The molecule has 0 aliphatic carbocycles. The van der Waals surface area contributed by atoms with Gasteiger partial charge in [0.15, 0.2) is 17.3 Å². The Labute approximate surface area is 223 Å². The van der Waals surface area contributed by atoms with Crippen LogP contribution in [0.3, 0.4) is 0 Å². The van der Waals surface area contributed by atoms with E-state index in [1.807, 2.05) is 20.8 Å². The van der Waals surface area contributed by atoms with Crippen LogP contribution < -0.4 is 0 Å². The Morgan fingerprint density at radius 2 is 0.757 bits per heavy atom. The molecule has 0 aromatic rings. The van der Waals surface area contributed by atoms with E-state index < -0.39 is 88.0 Å². The highest BCUT2D eigenvalue weighted by molar-refractivity contribution is 6.44. The molecular weight excluding hydrogens is 507 g/mol. The average Bonchev–Trinajstić information content (AvgIpc) is 2.83. The molecule has 0 aromatic heterocycles. The van der Waals surface area contributed by atoms with Gasteiger partial charge in [0, 0.05) is 19.8 Å². The number of carbonyl (C=O) groups excluding carboxylic acids is 6. The lowest BCUT2D eigenvalue weighted by molar-refractivity contribution is -0.150. The summed E-state index contributed by atoms with van der Waals surface area (Å²) >= 11 is -3.87. The van der Waals surface area contributed by atoms with Crippen LogP contribution >= 0.6 is 0 Å². The van der Waals surface area contributed by atoms with Gasteiger partial charge in [0.1, 0.15) is 37.6 Å². The summed E-state index contributed by atoms with van der Waals surface area (Å²) in [5.41, 5.74) is 0. The summed E-state index contributed by atoms with van der Waals surface area (Å²) in [4.78, 5) is 73.3. The van der Waals surface area contributed by atoms with Gasteiger partial charge in [-0.05, 0) is 40.0 Å². The van der Waals surface area contributed by atoms with Crippen LogP contribution in [-0.2, 0) is 54.3 Å². The number of Topliss-reactive ketones (excluding diaryl/α,β-unsaturated/α-hetero) is 3. The van der Waals surface area contributed by atoms with E-state index >= 15 is 0 Å². The van der Waals surface area contributed by atoms with E-state index in [4.69, 9.17) is 25.6 Å². The van der Waals surface area contributed by atoms with Gasteiger partial charge in [-0.1, -0.05) is 20.8 Å². The molecule has 3 unspecified atom stereocenters.